The first-order chi connectivity index (χ1) is 10.3. The third-order valence-electron chi connectivity index (χ3n) is 2.46. The van der Waals surface area contributed by atoms with Crippen LogP contribution in [0.15, 0.2) is 0 Å². The summed E-state index contributed by atoms with van der Waals surface area (Å²) in [5, 5.41) is 12.5. The van der Waals surface area contributed by atoms with E-state index in [1.807, 2.05) is 0 Å². The van der Waals surface area contributed by atoms with Gasteiger partial charge in [0, 0.05) is 13.7 Å². The molecule has 0 aromatic heterocycles. The Labute approximate surface area is 127 Å². The number of rotatable bonds is 17. The minimum Gasteiger partial charge on any atom is -0.388 e. The van der Waals surface area contributed by atoms with Crippen molar-refractivity contribution in [1.29, 1.82) is 0 Å². The summed E-state index contributed by atoms with van der Waals surface area (Å²) in [5.41, 5.74) is 0. The summed E-state index contributed by atoms with van der Waals surface area (Å²) in [6, 6.07) is 0. The normalized spacial score (nSPS) is 12.7. The predicted octanol–water partition coefficient (Wildman–Crippen LogP) is -0.330. The number of aliphatic hydroxyl groups excluding tert-OH is 1. The molecule has 0 radical (unpaired) electrons. The molecule has 0 heterocycles. The number of hydrogen-bond donors (Lipinski definition) is 2. The molecule has 21 heavy (non-hydrogen) atoms. The van der Waals surface area contributed by atoms with Crippen molar-refractivity contribution in [1.82, 2.24) is 5.32 Å². The molecule has 0 saturated carbocycles. The van der Waals surface area contributed by atoms with E-state index in [0.29, 0.717) is 46.2 Å². The van der Waals surface area contributed by atoms with E-state index in [4.69, 9.17) is 23.7 Å². The van der Waals surface area contributed by atoms with Gasteiger partial charge in [-0.05, 0) is 6.54 Å². The lowest BCUT2D eigenvalue weighted by Gasteiger charge is -2.10. The molecule has 0 aromatic rings. The van der Waals surface area contributed by atoms with Crippen LogP contribution < -0.4 is 5.32 Å². The van der Waals surface area contributed by atoms with Crippen molar-refractivity contribution in [2.24, 2.45) is 0 Å². The molecule has 0 saturated heterocycles. The van der Waals surface area contributed by atoms with E-state index in [-0.39, 0.29) is 13.2 Å². The van der Waals surface area contributed by atoms with Gasteiger partial charge in [-0.2, -0.15) is 0 Å². The minimum atomic E-state index is -0.578. The van der Waals surface area contributed by atoms with E-state index in [1.54, 1.807) is 7.11 Å². The van der Waals surface area contributed by atoms with Crippen LogP contribution >= 0.6 is 0 Å². The van der Waals surface area contributed by atoms with Gasteiger partial charge in [0.2, 0.25) is 0 Å². The van der Waals surface area contributed by atoms with Crippen LogP contribution in [0, 0.1) is 0 Å². The molecule has 0 aliphatic heterocycles. The maximum Gasteiger partial charge on any atom is 0.101 e. The SMILES string of the molecule is CCNCCOCCOCCOCCOCC(O)COC. The molecule has 0 spiro atoms. The quantitative estimate of drug-likeness (QED) is 0.356. The Bertz CT molecular complexity index is 196. The fraction of sp³-hybridized carbons (Fsp3) is 1.00. The largest absolute Gasteiger partial charge is 0.388 e. The van der Waals surface area contributed by atoms with Gasteiger partial charge in [-0.1, -0.05) is 6.92 Å². The van der Waals surface area contributed by atoms with E-state index in [1.165, 1.54) is 0 Å². The van der Waals surface area contributed by atoms with Gasteiger partial charge in [0.25, 0.3) is 0 Å². The standard InChI is InChI=1S/C14H31NO6/c1-3-15-4-5-18-6-7-19-8-9-20-10-11-21-13-14(16)12-17-2/h14-16H,3-13H2,1-2H3. The average molecular weight is 309 g/mol. The van der Waals surface area contributed by atoms with Crippen LogP contribution in [-0.4, -0.2) is 90.9 Å². The van der Waals surface area contributed by atoms with E-state index in [9.17, 15) is 5.11 Å². The Kier molecular flexibility index (Phi) is 17.5. The van der Waals surface area contributed by atoms with Crippen LogP contribution in [0.25, 0.3) is 0 Å². The van der Waals surface area contributed by atoms with Gasteiger partial charge in [0.1, 0.15) is 6.10 Å². The Hall–Kier alpha value is -0.280. The summed E-state index contributed by atoms with van der Waals surface area (Å²) >= 11 is 0. The molecule has 2 N–H and O–H groups in total. The summed E-state index contributed by atoms with van der Waals surface area (Å²) < 4.78 is 26.0. The van der Waals surface area contributed by atoms with Crippen LogP contribution in [0.3, 0.4) is 0 Å². The van der Waals surface area contributed by atoms with Crippen LogP contribution in [0.5, 0.6) is 0 Å². The molecule has 1 atom stereocenters. The Morgan fingerprint density at radius 3 is 1.86 bits per heavy atom. The number of methoxy groups -OCH3 is 1. The van der Waals surface area contributed by atoms with Crippen LogP contribution in [0.2, 0.25) is 0 Å². The van der Waals surface area contributed by atoms with Crippen molar-refractivity contribution in [3.8, 4) is 0 Å². The van der Waals surface area contributed by atoms with Crippen molar-refractivity contribution in [2.75, 3.05) is 79.7 Å². The molecule has 128 valence electrons. The fourth-order valence-corrected chi connectivity index (χ4v) is 1.44. The molecule has 7 nitrogen and oxygen atoms in total. The van der Waals surface area contributed by atoms with E-state index >= 15 is 0 Å². The van der Waals surface area contributed by atoms with Gasteiger partial charge in [0.05, 0.1) is 59.5 Å². The van der Waals surface area contributed by atoms with E-state index < -0.39 is 6.10 Å². The average Bonchev–Trinajstić information content (AvgIpc) is 2.48. The maximum atomic E-state index is 9.31. The second kappa shape index (κ2) is 17.8. The van der Waals surface area contributed by atoms with Crippen molar-refractivity contribution in [3.63, 3.8) is 0 Å². The topological polar surface area (TPSA) is 78.4 Å². The number of nitrogens with one attached hydrogen (secondary N) is 1. The third kappa shape index (κ3) is 17.7. The van der Waals surface area contributed by atoms with Gasteiger partial charge >= 0.3 is 0 Å². The number of hydrogen-bond acceptors (Lipinski definition) is 7. The molecule has 0 amide bonds. The number of likely N-dealkylation sites (N-methyl/N-ethyl adjacent to an activating group) is 1. The predicted molar refractivity (Wildman–Crippen MR) is 79.7 cm³/mol. The highest BCUT2D eigenvalue weighted by atomic mass is 16.6. The Morgan fingerprint density at radius 1 is 0.810 bits per heavy atom. The Balaban J connectivity index is 2.99. The summed E-state index contributed by atoms with van der Waals surface area (Å²) in [7, 11) is 1.54. The van der Waals surface area contributed by atoms with Crippen molar-refractivity contribution in [3.05, 3.63) is 0 Å². The first kappa shape index (κ1) is 20.7. The summed E-state index contributed by atoms with van der Waals surface area (Å²) in [4.78, 5) is 0. The summed E-state index contributed by atoms with van der Waals surface area (Å²) in [6.07, 6.45) is -0.578. The first-order valence-corrected chi connectivity index (χ1v) is 7.50. The van der Waals surface area contributed by atoms with Crippen LogP contribution in [-0.2, 0) is 23.7 Å². The highest BCUT2D eigenvalue weighted by Crippen LogP contribution is 1.87. The molecule has 0 fully saturated rings. The van der Waals surface area contributed by atoms with Gasteiger partial charge < -0.3 is 34.1 Å². The molecule has 7 heteroatoms. The van der Waals surface area contributed by atoms with Crippen molar-refractivity contribution < 1.29 is 28.8 Å². The third-order valence-corrected chi connectivity index (χ3v) is 2.46. The lowest BCUT2D eigenvalue weighted by atomic mass is 10.4. The fourth-order valence-electron chi connectivity index (χ4n) is 1.44. The van der Waals surface area contributed by atoms with Gasteiger partial charge in [-0.3, -0.25) is 0 Å². The highest BCUT2D eigenvalue weighted by molar-refractivity contribution is 4.49. The minimum absolute atomic E-state index is 0.262. The van der Waals surface area contributed by atoms with Gasteiger partial charge in [-0.15, -0.1) is 0 Å². The lowest BCUT2D eigenvalue weighted by Crippen LogP contribution is -2.22. The molecule has 0 aliphatic rings. The number of ether oxygens (including phenoxy) is 5. The van der Waals surface area contributed by atoms with Crippen LogP contribution in [0.4, 0.5) is 0 Å². The van der Waals surface area contributed by atoms with Crippen molar-refractivity contribution in [2.45, 2.75) is 13.0 Å². The van der Waals surface area contributed by atoms with Crippen molar-refractivity contribution >= 4 is 0 Å². The second-order valence-corrected chi connectivity index (χ2v) is 4.37. The van der Waals surface area contributed by atoms with E-state index in [2.05, 4.69) is 12.2 Å². The molecular formula is C14H31NO6. The molecule has 0 aromatic carbocycles. The van der Waals surface area contributed by atoms with Gasteiger partial charge in [0.15, 0.2) is 0 Å². The number of aliphatic hydroxyl groups is 1. The monoisotopic (exact) mass is 309 g/mol. The zero-order chi connectivity index (χ0) is 15.6. The smallest absolute Gasteiger partial charge is 0.101 e. The van der Waals surface area contributed by atoms with E-state index in [0.717, 1.165) is 13.1 Å². The highest BCUT2D eigenvalue weighted by Gasteiger charge is 2.02. The Morgan fingerprint density at radius 2 is 1.33 bits per heavy atom. The zero-order valence-electron chi connectivity index (χ0n) is 13.3. The summed E-state index contributed by atoms with van der Waals surface area (Å²) in [6.45, 7) is 8.35. The molecule has 0 bridgehead atoms. The maximum absolute atomic E-state index is 9.31. The molecule has 1 unspecified atom stereocenters. The molecule has 0 rings (SSSR count). The second-order valence-electron chi connectivity index (χ2n) is 4.37. The first-order valence-electron chi connectivity index (χ1n) is 7.50. The molecule has 0 aliphatic carbocycles. The lowest BCUT2D eigenvalue weighted by molar-refractivity contribution is -0.0318. The molecular weight excluding hydrogens is 278 g/mol. The zero-order valence-corrected chi connectivity index (χ0v) is 13.3. The summed E-state index contributed by atoms with van der Waals surface area (Å²) in [5.74, 6) is 0. The van der Waals surface area contributed by atoms with Gasteiger partial charge in [-0.25, -0.2) is 0 Å². The van der Waals surface area contributed by atoms with Crippen LogP contribution in [0.1, 0.15) is 6.92 Å².